The van der Waals surface area contributed by atoms with E-state index < -0.39 is 97.5 Å². The average molecular weight is 1560 g/mol. The number of hydrogen-bond donors (Lipinski definition) is 3. The van der Waals surface area contributed by atoms with E-state index in [1.807, 2.05) is 0 Å². The van der Waals surface area contributed by atoms with Gasteiger partial charge >= 0.3 is 39.5 Å². The van der Waals surface area contributed by atoms with Gasteiger partial charge in [0.15, 0.2) is 12.2 Å². The summed E-state index contributed by atoms with van der Waals surface area (Å²) in [6.45, 7) is 9.71. The molecule has 0 aromatic rings. The second-order valence-corrected chi connectivity index (χ2v) is 34.6. The predicted octanol–water partition coefficient (Wildman–Crippen LogP) is 26.6. The predicted molar refractivity (Wildman–Crippen MR) is 441 cm³/mol. The molecule has 0 aliphatic heterocycles. The molecule has 0 heterocycles. The molecule has 0 fully saturated rings. The number of ether oxygens (including phenoxy) is 4. The van der Waals surface area contributed by atoms with Gasteiger partial charge in [0, 0.05) is 25.7 Å². The lowest BCUT2D eigenvalue weighted by molar-refractivity contribution is -0.161. The minimum Gasteiger partial charge on any atom is -0.462 e. The van der Waals surface area contributed by atoms with Crippen molar-refractivity contribution in [3.8, 4) is 0 Å². The summed E-state index contributed by atoms with van der Waals surface area (Å²) in [5.74, 6) is -0.454. The number of carbonyl (C=O) groups excluding carboxylic acids is 4. The van der Waals surface area contributed by atoms with Crippen LogP contribution in [0.3, 0.4) is 0 Å². The van der Waals surface area contributed by atoms with Crippen molar-refractivity contribution in [2.45, 2.75) is 464 Å². The fourth-order valence-electron chi connectivity index (χ4n) is 13.2. The Morgan fingerprint density at radius 3 is 0.841 bits per heavy atom. The lowest BCUT2D eigenvalue weighted by atomic mass is 9.99. The highest BCUT2D eigenvalue weighted by Crippen LogP contribution is 2.45. The van der Waals surface area contributed by atoms with Crippen LogP contribution in [0.4, 0.5) is 0 Å². The largest absolute Gasteiger partial charge is 0.472 e. The standard InChI is InChI=1S/C88H168O17P2/c1-7-10-12-14-16-18-20-22-28-36-42-48-54-60-66-72-87(92)104-83(76-98-85(90)70-64-58-52-46-40-21-19-17-15-13-11-8-2)78-102-106(94,95)100-74-82(89)75-101-107(96,97)103-79-84(77-99-86(91)71-65-59-53-47-41-35-32-27-29-33-38-44-50-56-62-68-80(4)5)105-88(93)73-67-61-55-49-43-37-31-26-24-23-25-30-34-39-45-51-57-63-69-81(6)9-3/h18,20,22,28,80-84,89H,7-17,19,21,23-27,29-79H2,1-6H3,(H,94,95)(H,96,97)/b20-18-,28-22-/t81?,82-,83+,84+/m0/s1. The first-order valence-electron chi connectivity index (χ1n) is 44.8. The van der Waals surface area contributed by atoms with Crippen molar-refractivity contribution in [2.24, 2.45) is 11.8 Å². The summed E-state index contributed by atoms with van der Waals surface area (Å²) in [5.41, 5.74) is 0. The first kappa shape index (κ1) is 105. The maximum absolute atomic E-state index is 13.2. The zero-order valence-electron chi connectivity index (χ0n) is 69.9. The van der Waals surface area contributed by atoms with E-state index in [0.717, 1.165) is 115 Å². The van der Waals surface area contributed by atoms with Crippen LogP contribution in [0.2, 0.25) is 0 Å². The van der Waals surface area contributed by atoms with E-state index in [1.54, 1.807) is 0 Å². The van der Waals surface area contributed by atoms with Gasteiger partial charge in [0.2, 0.25) is 0 Å². The lowest BCUT2D eigenvalue weighted by Gasteiger charge is -2.21. The van der Waals surface area contributed by atoms with Crippen LogP contribution in [0, 0.1) is 11.8 Å². The molecule has 3 N–H and O–H groups in total. The molecule has 0 aromatic carbocycles. The quantitative estimate of drug-likeness (QED) is 0.0169. The van der Waals surface area contributed by atoms with Crippen molar-refractivity contribution in [3.05, 3.63) is 24.3 Å². The van der Waals surface area contributed by atoms with E-state index in [1.165, 1.54) is 250 Å². The van der Waals surface area contributed by atoms with E-state index in [4.69, 9.17) is 37.0 Å². The molecular formula is C88H168O17P2. The first-order valence-corrected chi connectivity index (χ1v) is 47.8. The number of hydrogen-bond acceptors (Lipinski definition) is 15. The van der Waals surface area contributed by atoms with Gasteiger partial charge in [-0.3, -0.25) is 37.3 Å². The average Bonchev–Trinajstić information content (AvgIpc) is 0.900. The number of phosphoric ester groups is 2. The highest BCUT2D eigenvalue weighted by Gasteiger charge is 2.30. The van der Waals surface area contributed by atoms with Crippen LogP contribution in [-0.2, 0) is 65.4 Å². The molecule has 0 spiro atoms. The number of aliphatic hydroxyl groups is 1. The zero-order valence-corrected chi connectivity index (χ0v) is 71.7. The third kappa shape index (κ3) is 80.0. The first-order chi connectivity index (χ1) is 51.9. The molecule has 107 heavy (non-hydrogen) atoms. The summed E-state index contributed by atoms with van der Waals surface area (Å²) < 4.78 is 68.9. The molecule has 6 atom stereocenters. The number of carbonyl (C=O) groups is 4. The van der Waals surface area contributed by atoms with E-state index in [-0.39, 0.29) is 25.7 Å². The lowest BCUT2D eigenvalue weighted by Crippen LogP contribution is -2.30. The van der Waals surface area contributed by atoms with Gasteiger partial charge in [-0.1, -0.05) is 393 Å². The van der Waals surface area contributed by atoms with E-state index >= 15 is 0 Å². The maximum atomic E-state index is 13.2. The van der Waals surface area contributed by atoms with Crippen molar-refractivity contribution in [1.29, 1.82) is 0 Å². The van der Waals surface area contributed by atoms with Crippen LogP contribution < -0.4 is 0 Å². The molecule has 19 heteroatoms. The molecule has 0 aliphatic carbocycles. The highest BCUT2D eigenvalue weighted by molar-refractivity contribution is 7.47. The molecule has 3 unspecified atom stereocenters. The Morgan fingerprint density at radius 2 is 0.551 bits per heavy atom. The van der Waals surface area contributed by atoms with E-state index in [9.17, 15) is 43.2 Å². The number of esters is 4. The monoisotopic (exact) mass is 1560 g/mol. The van der Waals surface area contributed by atoms with Crippen LogP contribution in [0.15, 0.2) is 24.3 Å². The molecule has 0 bridgehead atoms. The molecule has 0 rings (SSSR count). The van der Waals surface area contributed by atoms with Gasteiger partial charge in [0.05, 0.1) is 26.4 Å². The normalized spacial score (nSPS) is 14.2. The van der Waals surface area contributed by atoms with Gasteiger partial charge in [-0.15, -0.1) is 0 Å². The van der Waals surface area contributed by atoms with Crippen molar-refractivity contribution in [2.75, 3.05) is 39.6 Å². The van der Waals surface area contributed by atoms with E-state index in [2.05, 4.69) is 65.8 Å². The molecular weight excluding hydrogens is 1390 g/mol. The van der Waals surface area contributed by atoms with Gasteiger partial charge in [-0.25, -0.2) is 9.13 Å². The number of allylic oxidation sites excluding steroid dienone is 4. The Bertz CT molecular complexity index is 2140. The number of aliphatic hydroxyl groups excluding tert-OH is 1. The summed E-state index contributed by atoms with van der Waals surface area (Å²) in [6.07, 6.45) is 74.3. The summed E-state index contributed by atoms with van der Waals surface area (Å²) in [7, 11) is -9.94. The number of phosphoric acid groups is 2. The third-order valence-electron chi connectivity index (χ3n) is 20.4. The fraction of sp³-hybridized carbons (Fsp3) is 0.909. The second kappa shape index (κ2) is 78.8. The Labute approximate surface area is 656 Å². The summed E-state index contributed by atoms with van der Waals surface area (Å²) >= 11 is 0. The minimum atomic E-state index is -4.97. The van der Waals surface area contributed by atoms with Gasteiger partial charge in [0.1, 0.15) is 19.3 Å². The number of rotatable bonds is 85. The zero-order chi connectivity index (χ0) is 78.5. The molecule has 0 amide bonds. The van der Waals surface area contributed by atoms with Crippen LogP contribution in [0.25, 0.3) is 0 Å². The Hall–Kier alpha value is -2.46. The molecule has 0 radical (unpaired) electrons. The van der Waals surface area contributed by atoms with Crippen molar-refractivity contribution in [1.82, 2.24) is 0 Å². The molecule has 17 nitrogen and oxygen atoms in total. The summed E-state index contributed by atoms with van der Waals surface area (Å²) in [5, 5.41) is 10.7. The molecule has 0 aliphatic rings. The topological polar surface area (TPSA) is 237 Å². The maximum Gasteiger partial charge on any atom is 0.472 e. The van der Waals surface area contributed by atoms with Crippen molar-refractivity contribution >= 4 is 39.5 Å². The second-order valence-electron chi connectivity index (χ2n) is 31.7. The van der Waals surface area contributed by atoms with Crippen LogP contribution in [0.1, 0.15) is 446 Å². The van der Waals surface area contributed by atoms with Gasteiger partial charge in [-0.2, -0.15) is 0 Å². The van der Waals surface area contributed by atoms with Gasteiger partial charge < -0.3 is 33.8 Å². The van der Waals surface area contributed by atoms with Crippen molar-refractivity contribution < 1.29 is 80.2 Å². The van der Waals surface area contributed by atoms with Gasteiger partial charge in [0.25, 0.3) is 0 Å². The van der Waals surface area contributed by atoms with E-state index in [0.29, 0.717) is 25.7 Å². The Kier molecular flexibility index (Phi) is 77.0. The number of unbranched alkanes of at least 4 members (excludes halogenated alkanes) is 51. The molecule has 0 aromatic heterocycles. The Morgan fingerprint density at radius 1 is 0.308 bits per heavy atom. The third-order valence-corrected chi connectivity index (χ3v) is 22.3. The van der Waals surface area contributed by atoms with Crippen LogP contribution in [-0.4, -0.2) is 96.7 Å². The summed E-state index contributed by atoms with van der Waals surface area (Å²) in [6, 6.07) is 0. The molecule has 0 saturated carbocycles. The van der Waals surface area contributed by atoms with Crippen LogP contribution >= 0.6 is 15.6 Å². The van der Waals surface area contributed by atoms with Gasteiger partial charge in [-0.05, 0) is 63.2 Å². The Balaban J connectivity index is 5.27. The molecule has 632 valence electrons. The highest BCUT2D eigenvalue weighted by atomic mass is 31.2. The SMILES string of the molecule is CCCCCC/C=C\C=C/CCCCCCCC(=O)O[C@H](COC(=O)CCCCCCCCCCCCCC)COP(=O)(O)OC[C@H](O)COP(=O)(O)OC[C@@H](COC(=O)CCCCCCCCCCCCCCCCCC(C)C)OC(=O)CCCCCCCCCCCCCCCCCCCCC(C)CC. The smallest absolute Gasteiger partial charge is 0.462 e. The fourth-order valence-corrected chi connectivity index (χ4v) is 14.8. The van der Waals surface area contributed by atoms with Crippen molar-refractivity contribution in [3.63, 3.8) is 0 Å². The summed E-state index contributed by atoms with van der Waals surface area (Å²) in [4.78, 5) is 73.3. The van der Waals surface area contributed by atoms with Crippen LogP contribution in [0.5, 0.6) is 0 Å². The molecule has 0 saturated heterocycles. The minimum absolute atomic E-state index is 0.0857.